The van der Waals surface area contributed by atoms with E-state index in [0.717, 1.165) is 26.2 Å². The third-order valence-electron chi connectivity index (χ3n) is 2.34. The molecule has 2 N–H and O–H groups in total. The van der Waals surface area contributed by atoms with Gasteiger partial charge in [-0.15, -0.1) is 0 Å². The summed E-state index contributed by atoms with van der Waals surface area (Å²) in [5, 5.41) is 4.19. The Morgan fingerprint density at radius 2 is 2.42 bits per heavy atom. The Morgan fingerprint density at radius 3 is 3.17 bits per heavy atom. The molecule has 0 fully saturated rings. The first-order chi connectivity index (χ1) is 5.79. The summed E-state index contributed by atoms with van der Waals surface area (Å²) in [4.78, 5) is 2.39. The third-order valence-corrected chi connectivity index (χ3v) is 2.34. The fourth-order valence-corrected chi connectivity index (χ4v) is 1.61. The van der Waals surface area contributed by atoms with Crippen molar-refractivity contribution >= 4 is 5.82 Å². The van der Waals surface area contributed by atoms with Gasteiger partial charge in [0, 0.05) is 19.2 Å². The molecule has 1 aromatic rings. The van der Waals surface area contributed by atoms with Crippen molar-refractivity contribution in [2.45, 2.75) is 20.0 Å². The maximum atomic E-state index is 5.59. The van der Waals surface area contributed by atoms with E-state index in [-0.39, 0.29) is 0 Å². The lowest BCUT2D eigenvalue weighted by Crippen LogP contribution is -2.33. The average Bonchev–Trinajstić information content (AvgIpc) is 2.43. The van der Waals surface area contributed by atoms with E-state index in [1.165, 1.54) is 5.69 Å². The van der Waals surface area contributed by atoms with E-state index in [4.69, 9.17) is 5.73 Å². The summed E-state index contributed by atoms with van der Waals surface area (Å²) in [6.07, 6.45) is 0. The summed E-state index contributed by atoms with van der Waals surface area (Å²) in [7, 11) is 0. The first-order valence-electron chi connectivity index (χ1n) is 4.34. The SMILES string of the molecule is CCN1CCn2nc(N)cc2C1. The van der Waals surface area contributed by atoms with E-state index >= 15 is 0 Å². The van der Waals surface area contributed by atoms with Crippen LogP contribution in [0.25, 0.3) is 0 Å². The number of nitrogens with zero attached hydrogens (tertiary/aromatic N) is 3. The standard InChI is InChI=1S/C8H14N4/c1-2-11-3-4-12-7(6-11)5-8(9)10-12/h5H,2-4,6H2,1H3,(H2,9,10). The number of nitrogens with two attached hydrogens (primary N) is 1. The molecular formula is C8H14N4. The lowest BCUT2D eigenvalue weighted by molar-refractivity contribution is 0.224. The van der Waals surface area contributed by atoms with E-state index < -0.39 is 0 Å². The highest BCUT2D eigenvalue weighted by Crippen LogP contribution is 2.13. The molecule has 2 heterocycles. The topological polar surface area (TPSA) is 47.1 Å². The Balaban J connectivity index is 2.22. The van der Waals surface area contributed by atoms with Crippen LogP contribution in [0.1, 0.15) is 12.6 Å². The zero-order valence-corrected chi connectivity index (χ0v) is 7.32. The average molecular weight is 166 g/mol. The lowest BCUT2D eigenvalue weighted by Gasteiger charge is -2.25. The van der Waals surface area contributed by atoms with Crippen LogP contribution in [0, 0.1) is 0 Å². The number of aromatic nitrogens is 2. The molecule has 0 aliphatic carbocycles. The molecule has 0 bridgehead atoms. The second-order valence-corrected chi connectivity index (χ2v) is 3.15. The monoisotopic (exact) mass is 166 g/mol. The van der Waals surface area contributed by atoms with E-state index in [9.17, 15) is 0 Å². The van der Waals surface area contributed by atoms with E-state index in [1.54, 1.807) is 0 Å². The van der Waals surface area contributed by atoms with Gasteiger partial charge in [-0.1, -0.05) is 6.92 Å². The van der Waals surface area contributed by atoms with Crippen LogP contribution in [-0.4, -0.2) is 27.8 Å². The molecule has 12 heavy (non-hydrogen) atoms. The quantitative estimate of drug-likeness (QED) is 0.652. The molecule has 4 heteroatoms. The highest BCUT2D eigenvalue weighted by molar-refractivity contribution is 5.29. The highest BCUT2D eigenvalue weighted by Gasteiger charge is 2.15. The largest absolute Gasteiger partial charge is 0.382 e. The Labute approximate surface area is 72.0 Å². The zero-order valence-electron chi connectivity index (χ0n) is 7.32. The molecule has 1 aliphatic heterocycles. The number of nitrogen functional groups attached to an aromatic ring is 1. The molecule has 2 rings (SSSR count). The van der Waals surface area contributed by atoms with Crippen molar-refractivity contribution in [1.29, 1.82) is 0 Å². The number of fused-ring (bicyclic) bond motifs is 1. The number of hydrogen-bond acceptors (Lipinski definition) is 3. The molecule has 1 aromatic heterocycles. The number of rotatable bonds is 1. The van der Waals surface area contributed by atoms with Gasteiger partial charge in [0.15, 0.2) is 0 Å². The highest BCUT2D eigenvalue weighted by atomic mass is 15.3. The second kappa shape index (κ2) is 2.79. The minimum atomic E-state index is 0.642. The van der Waals surface area contributed by atoms with Gasteiger partial charge in [-0.25, -0.2) is 0 Å². The molecule has 1 aliphatic rings. The second-order valence-electron chi connectivity index (χ2n) is 3.15. The Hall–Kier alpha value is -1.03. The fourth-order valence-electron chi connectivity index (χ4n) is 1.61. The molecule has 0 saturated heterocycles. The summed E-state index contributed by atoms with van der Waals surface area (Å²) >= 11 is 0. The maximum absolute atomic E-state index is 5.59. The van der Waals surface area contributed by atoms with Crippen LogP contribution in [0.4, 0.5) is 5.82 Å². The molecule has 4 nitrogen and oxygen atoms in total. The van der Waals surface area contributed by atoms with Crippen molar-refractivity contribution in [3.8, 4) is 0 Å². The van der Waals surface area contributed by atoms with Gasteiger partial charge in [0.25, 0.3) is 0 Å². The van der Waals surface area contributed by atoms with Gasteiger partial charge < -0.3 is 5.73 Å². The van der Waals surface area contributed by atoms with Crippen molar-refractivity contribution in [2.24, 2.45) is 0 Å². The van der Waals surface area contributed by atoms with Crippen LogP contribution >= 0.6 is 0 Å². The van der Waals surface area contributed by atoms with Crippen LogP contribution in [0.2, 0.25) is 0 Å². The van der Waals surface area contributed by atoms with Crippen molar-refractivity contribution in [3.05, 3.63) is 11.8 Å². The predicted octanol–water partition coefficient (Wildman–Crippen LogP) is 0.301. The van der Waals surface area contributed by atoms with Crippen molar-refractivity contribution in [1.82, 2.24) is 14.7 Å². The molecule has 66 valence electrons. The number of anilines is 1. The molecule has 0 aromatic carbocycles. The number of likely N-dealkylation sites (N-methyl/N-ethyl adjacent to an activating group) is 1. The smallest absolute Gasteiger partial charge is 0.145 e. The molecular weight excluding hydrogens is 152 g/mol. The van der Waals surface area contributed by atoms with Gasteiger partial charge in [-0.05, 0) is 6.54 Å². The molecule has 0 spiro atoms. The van der Waals surface area contributed by atoms with Gasteiger partial charge in [-0.3, -0.25) is 9.58 Å². The van der Waals surface area contributed by atoms with E-state index in [2.05, 4.69) is 16.9 Å². The number of hydrogen-bond donors (Lipinski definition) is 1. The summed E-state index contributed by atoms with van der Waals surface area (Å²) in [6, 6.07) is 1.96. The van der Waals surface area contributed by atoms with Crippen molar-refractivity contribution in [3.63, 3.8) is 0 Å². The van der Waals surface area contributed by atoms with Crippen LogP contribution in [-0.2, 0) is 13.1 Å². The minimum absolute atomic E-state index is 0.642. The maximum Gasteiger partial charge on any atom is 0.145 e. The zero-order chi connectivity index (χ0) is 8.55. The van der Waals surface area contributed by atoms with Crippen molar-refractivity contribution < 1.29 is 0 Å². The van der Waals surface area contributed by atoms with E-state index in [1.807, 2.05) is 10.7 Å². The van der Waals surface area contributed by atoms with Crippen LogP contribution in [0.3, 0.4) is 0 Å². The van der Waals surface area contributed by atoms with Crippen molar-refractivity contribution in [2.75, 3.05) is 18.8 Å². The van der Waals surface area contributed by atoms with Gasteiger partial charge in [0.2, 0.25) is 0 Å². The van der Waals surface area contributed by atoms with Crippen LogP contribution in [0.15, 0.2) is 6.07 Å². The van der Waals surface area contributed by atoms with Gasteiger partial charge in [-0.2, -0.15) is 5.10 Å². The first kappa shape index (κ1) is 7.61. The predicted molar refractivity (Wildman–Crippen MR) is 47.6 cm³/mol. The minimum Gasteiger partial charge on any atom is -0.382 e. The van der Waals surface area contributed by atoms with Crippen LogP contribution < -0.4 is 5.73 Å². The summed E-state index contributed by atoms with van der Waals surface area (Å²) in [6.45, 7) is 6.33. The molecule has 0 unspecified atom stereocenters. The summed E-state index contributed by atoms with van der Waals surface area (Å²) in [5.74, 6) is 0.642. The Bertz CT molecular complexity index is 279. The van der Waals surface area contributed by atoms with Gasteiger partial charge in [0.05, 0.1) is 12.2 Å². The summed E-state index contributed by atoms with van der Waals surface area (Å²) < 4.78 is 2.00. The Morgan fingerprint density at radius 1 is 1.58 bits per heavy atom. The Kier molecular flexibility index (Phi) is 1.77. The molecule has 0 atom stereocenters. The van der Waals surface area contributed by atoms with Gasteiger partial charge in [0.1, 0.15) is 5.82 Å². The van der Waals surface area contributed by atoms with Gasteiger partial charge >= 0.3 is 0 Å². The third kappa shape index (κ3) is 1.18. The molecule has 0 saturated carbocycles. The lowest BCUT2D eigenvalue weighted by atomic mass is 10.3. The normalized spacial score (nSPS) is 17.8. The first-order valence-corrected chi connectivity index (χ1v) is 4.34. The molecule has 0 radical (unpaired) electrons. The summed E-state index contributed by atoms with van der Waals surface area (Å²) in [5.41, 5.74) is 6.83. The fraction of sp³-hybridized carbons (Fsp3) is 0.625. The molecule has 0 amide bonds. The van der Waals surface area contributed by atoms with Crippen LogP contribution in [0.5, 0.6) is 0 Å². The van der Waals surface area contributed by atoms with E-state index in [0.29, 0.717) is 5.82 Å².